The van der Waals surface area contributed by atoms with Crippen molar-refractivity contribution in [2.24, 2.45) is 23.7 Å². The summed E-state index contributed by atoms with van der Waals surface area (Å²) in [5, 5.41) is 8.38. The normalized spacial score (nSPS) is 12.0. The van der Waals surface area contributed by atoms with Crippen LogP contribution in [0.1, 0.15) is 80.6 Å². The predicted molar refractivity (Wildman–Crippen MR) is 101 cm³/mol. The van der Waals surface area contributed by atoms with Gasteiger partial charge >= 0.3 is 35.5 Å². The third-order valence-corrected chi connectivity index (χ3v) is 4.11. The first kappa shape index (κ1) is 34.0. The predicted octanol–water partition coefficient (Wildman–Crippen LogP) is 1.15. The number of hydrogen-bond donors (Lipinski definition) is 1. The van der Waals surface area contributed by atoms with Gasteiger partial charge in [-0.1, -0.05) is 34.6 Å². The molecule has 0 aromatic heterocycles. The summed E-state index contributed by atoms with van der Waals surface area (Å²) in [7, 11) is 0. The molecule has 0 radical (unpaired) electrons. The molecule has 6 nitrogen and oxygen atoms in total. The minimum atomic E-state index is -1.41. The summed E-state index contributed by atoms with van der Waals surface area (Å²) >= 11 is 0. The number of aliphatic carboxylic acids is 1. The van der Waals surface area contributed by atoms with Crippen molar-refractivity contribution in [2.45, 2.75) is 80.6 Å². The molecule has 0 aliphatic rings. The van der Waals surface area contributed by atoms with Crippen LogP contribution in [0, 0.1) is 23.7 Å². The Balaban J connectivity index is -0.000000195. The number of carboxylic acid groups (broad SMARTS) is 1. The molecule has 2 unspecified atom stereocenters. The van der Waals surface area contributed by atoms with Crippen molar-refractivity contribution in [3.63, 3.8) is 0 Å². The van der Waals surface area contributed by atoms with E-state index >= 15 is 0 Å². The van der Waals surface area contributed by atoms with Crippen LogP contribution in [0.2, 0.25) is 0 Å². The van der Waals surface area contributed by atoms with E-state index in [9.17, 15) is 19.2 Å². The summed E-state index contributed by atoms with van der Waals surface area (Å²) in [6.07, 6.45) is 3.05. The standard InChI is InChI=1S/C11H18O4.C9H18O.Na.H2O/c1-7(2)6-9(8(3)12)4-5-10(13)11(14)15;1-5-9(8(4)10)6-7(2)3;;/h7,9H,4-6H2,1-3H3,(H,14,15);7,9H,5-6H2,1-4H3;;1H2/q;;+1;/p-1. The first-order valence-electron chi connectivity index (χ1n) is 9.19. The second kappa shape index (κ2) is 18.8. The second-order valence-corrected chi connectivity index (χ2v) is 7.55. The maximum atomic E-state index is 11.2. The molecule has 27 heavy (non-hydrogen) atoms. The van der Waals surface area contributed by atoms with Gasteiger partial charge in [-0.15, -0.1) is 0 Å². The molecule has 2 N–H and O–H groups in total. The Morgan fingerprint density at radius 2 is 1.19 bits per heavy atom. The van der Waals surface area contributed by atoms with Crippen LogP contribution in [0.5, 0.6) is 0 Å². The minimum Gasteiger partial charge on any atom is -0.870 e. The molecule has 0 fully saturated rings. The first-order chi connectivity index (χ1) is 11.4. The topological polar surface area (TPSA) is 119 Å². The number of carbonyl (C=O) groups is 4. The third-order valence-electron chi connectivity index (χ3n) is 4.11. The Kier molecular flexibility index (Phi) is 23.6. The summed E-state index contributed by atoms with van der Waals surface area (Å²) in [5.41, 5.74) is 0. The van der Waals surface area contributed by atoms with E-state index in [0.717, 1.165) is 12.8 Å². The number of hydrogen-bond acceptors (Lipinski definition) is 5. The molecule has 0 amide bonds. The summed E-state index contributed by atoms with van der Waals surface area (Å²) < 4.78 is 0. The molecule has 0 aliphatic carbocycles. The zero-order valence-electron chi connectivity index (χ0n) is 18.4. The maximum absolute atomic E-state index is 11.2. The molecule has 0 spiro atoms. The third kappa shape index (κ3) is 20.0. The monoisotopic (exact) mass is 396 g/mol. The number of ketones is 3. The molecule has 0 rings (SSSR count). The van der Waals surface area contributed by atoms with E-state index in [-0.39, 0.29) is 53.2 Å². The van der Waals surface area contributed by atoms with Crippen molar-refractivity contribution in [3.05, 3.63) is 0 Å². The Labute approximate surface area is 186 Å². The Hall–Kier alpha value is -0.560. The van der Waals surface area contributed by atoms with Gasteiger partial charge < -0.3 is 10.6 Å². The van der Waals surface area contributed by atoms with Gasteiger partial charge in [0.15, 0.2) is 0 Å². The molecular weight excluding hydrogens is 359 g/mol. The van der Waals surface area contributed by atoms with Gasteiger partial charge in [-0.2, -0.15) is 0 Å². The number of carbonyl (C=O) groups excluding carboxylic acids is 3. The van der Waals surface area contributed by atoms with Crippen LogP contribution in [0.4, 0.5) is 0 Å². The molecule has 0 heterocycles. The average molecular weight is 397 g/mol. The van der Waals surface area contributed by atoms with Gasteiger partial charge in [0, 0.05) is 18.3 Å². The first-order valence-corrected chi connectivity index (χ1v) is 9.19. The van der Waals surface area contributed by atoms with Crippen LogP contribution in [-0.4, -0.2) is 33.9 Å². The molecule has 7 heteroatoms. The van der Waals surface area contributed by atoms with Gasteiger partial charge in [-0.25, -0.2) is 4.79 Å². The second-order valence-electron chi connectivity index (χ2n) is 7.55. The number of Topliss-reactive ketones (excluding diaryl/α,β-unsaturated/α-hetero) is 3. The zero-order valence-corrected chi connectivity index (χ0v) is 20.4. The van der Waals surface area contributed by atoms with E-state index in [1.54, 1.807) is 6.92 Å². The van der Waals surface area contributed by atoms with E-state index in [2.05, 4.69) is 20.8 Å². The van der Waals surface area contributed by atoms with Crippen molar-refractivity contribution >= 4 is 23.3 Å². The molecule has 0 aromatic carbocycles. The van der Waals surface area contributed by atoms with E-state index in [1.165, 1.54) is 6.92 Å². The summed E-state index contributed by atoms with van der Waals surface area (Å²) in [5.74, 6) is -0.717. The molecule has 0 aromatic rings. The van der Waals surface area contributed by atoms with Crippen molar-refractivity contribution in [2.75, 3.05) is 0 Å². The quantitative estimate of drug-likeness (QED) is 0.413. The molecule has 0 aliphatic heterocycles. The zero-order chi connectivity index (χ0) is 20.2. The van der Waals surface area contributed by atoms with E-state index in [0.29, 0.717) is 36.4 Å². The molecule has 154 valence electrons. The summed E-state index contributed by atoms with van der Waals surface area (Å²) in [4.78, 5) is 43.2. The van der Waals surface area contributed by atoms with Crippen LogP contribution >= 0.6 is 0 Å². The molecule has 0 bridgehead atoms. The Bertz CT molecular complexity index is 446. The summed E-state index contributed by atoms with van der Waals surface area (Å²) in [6, 6.07) is 0. The van der Waals surface area contributed by atoms with Gasteiger partial charge in [0.2, 0.25) is 5.78 Å². The number of rotatable bonds is 11. The molecule has 0 saturated heterocycles. The number of carboxylic acids is 1. The van der Waals surface area contributed by atoms with Gasteiger partial charge in [0.1, 0.15) is 11.6 Å². The van der Waals surface area contributed by atoms with Gasteiger partial charge in [-0.05, 0) is 51.4 Å². The fourth-order valence-electron chi connectivity index (χ4n) is 2.66. The van der Waals surface area contributed by atoms with Crippen LogP contribution in [-0.2, 0) is 19.2 Å². The minimum absolute atomic E-state index is 0. The molecular formula is C20H37NaO6. The summed E-state index contributed by atoms with van der Waals surface area (Å²) in [6.45, 7) is 13.6. The van der Waals surface area contributed by atoms with E-state index < -0.39 is 11.8 Å². The average Bonchev–Trinajstić information content (AvgIpc) is 2.48. The van der Waals surface area contributed by atoms with Crippen molar-refractivity contribution in [1.82, 2.24) is 0 Å². The van der Waals surface area contributed by atoms with E-state index in [4.69, 9.17) is 5.11 Å². The van der Waals surface area contributed by atoms with Crippen LogP contribution in [0.3, 0.4) is 0 Å². The van der Waals surface area contributed by atoms with Crippen LogP contribution < -0.4 is 29.6 Å². The van der Waals surface area contributed by atoms with Crippen molar-refractivity contribution < 1.29 is 59.3 Å². The van der Waals surface area contributed by atoms with E-state index in [1.807, 2.05) is 13.8 Å². The van der Waals surface area contributed by atoms with Gasteiger partial charge in [-0.3, -0.25) is 14.4 Å². The maximum Gasteiger partial charge on any atom is 1.00 e. The molecule has 2 atom stereocenters. The fraction of sp³-hybridized carbons (Fsp3) is 0.800. The van der Waals surface area contributed by atoms with Crippen molar-refractivity contribution in [3.8, 4) is 0 Å². The Morgan fingerprint density at radius 3 is 1.41 bits per heavy atom. The Morgan fingerprint density at radius 1 is 0.815 bits per heavy atom. The van der Waals surface area contributed by atoms with Gasteiger partial charge in [0.25, 0.3) is 0 Å². The molecule has 0 saturated carbocycles. The largest absolute Gasteiger partial charge is 1.00 e. The van der Waals surface area contributed by atoms with Gasteiger partial charge in [0.05, 0.1) is 0 Å². The van der Waals surface area contributed by atoms with Crippen molar-refractivity contribution in [1.29, 1.82) is 0 Å². The van der Waals surface area contributed by atoms with Crippen LogP contribution in [0.25, 0.3) is 0 Å². The van der Waals surface area contributed by atoms with Crippen LogP contribution in [0.15, 0.2) is 0 Å². The fourth-order valence-corrected chi connectivity index (χ4v) is 2.66. The SMILES string of the molecule is CC(=O)C(CCC(=O)C(=O)O)CC(C)C.CCC(CC(C)C)C(C)=O.[Na+].[OH-]. The smallest absolute Gasteiger partial charge is 0.870 e.